The van der Waals surface area contributed by atoms with Crippen LogP contribution in [-0.4, -0.2) is 12.7 Å². The van der Waals surface area contributed by atoms with Gasteiger partial charge in [-0.2, -0.15) is 0 Å². The van der Waals surface area contributed by atoms with Gasteiger partial charge in [-0.3, -0.25) is 0 Å². The molecule has 0 bridgehead atoms. The van der Waals surface area contributed by atoms with E-state index in [0.717, 1.165) is 10.0 Å². The van der Waals surface area contributed by atoms with E-state index in [4.69, 9.17) is 4.74 Å². The topological polar surface area (TPSA) is 38.3 Å². The van der Waals surface area contributed by atoms with Gasteiger partial charge in [-0.1, -0.05) is 28.1 Å². The molecule has 0 spiro atoms. The first-order chi connectivity index (χ1) is 6.66. The number of ether oxygens (including phenoxy) is 1. The molecule has 1 aromatic rings. The first-order valence-electron chi connectivity index (χ1n) is 4.36. The predicted octanol–water partition coefficient (Wildman–Crippen LogP) is 2.96. The van der Waals surface area contributed by atoms with Crippen LogP contribution in [0.4, 0.5) is 4.79 Å². The summed E-state index contributed by atoms with van der Waals surface area (Å²) in [5.41, 5.74) is 2.24. The number of nitrogens with one attached hydrogen (secondary N) is 1. The van der Waals surface area contributed by atoms with Gasteiger partial charge in [0, 0.05) is 4.47 Å². The molecule has 82 valence electrons. The zero-order valence-electron chi connectivity index (χ0n) is 8.12. The molecule has 0 aliphatic carbocycles. The first-order valence-corrected chi connectivity index (χ1v) is 5.15. The summed E-state index contributed by atoms with van der Waals surface area (Å²) >= 11 is 3.47. The van der Waals surface area contributed by atoms with Crippen LogP contribution >= 0.6 is 28.3 Å². The fourth-order valence-corrected chi connectivity index (χ4v) is 2.24. The Balaban J connectivity index is 0.00000112. The summed E-state index contributed by atoms with van der Waals surface area (Å²) in [6.07, 6.45) is -0.345. The van der Waals surface area contributed by atoms with Crippen molar-refractivity contribution in [1.82, 2.24) is 5.32 Å². The molecule has 1 atom stereocenters. The lowest BCUT2D eigenvalue weighted by Crippen LogP contribution is -2.18. The standard InChI is InChI=1S/C10H10BrNO2.ClH/c1-6-2-3-7(8(11)4-6)9-5-14-10(13)12-9;/h2-4,9H,5H2,1H3,(H,12,13);1H/t9-;/m1./s1. The third-order valence-electron chi connectivity index (χ3n) is 2.20. The molecule has 1 aromatic carbocycles. The van der Waals surface area contributed by atoms with Gasteiger partial charge < -0.3 is 10.1 Å². The summed E-state index contributed by atoms with van der Waals surface area (Å²) in [4.78, 5) is 10.9. The molecule has 0 aromatic heterocycles. The van der Waals surface area contributed by atoms with Crippen LogP contribution in [0.5, 0.6) is 0 Å². The maximum atomic E-state index is 10.9. The first kappa shape index (κ1) is 12.3. The summed E-state index contributed by atoms with van der Waals surface area (Å²) in [5, 5.41) is 2.74. The highest BCUT2D eigenvalue weighted by atomic mass is 79.9. The number of benzene rings is 1. The molecule has 0 radical (unpaired) electrons. The molecular formula is C10H11BrClNO2. The van der Waals surface area contributed by atoms with Crippen molar-refractivity contribution in [3.8, 4) is 0 Å². The van der Waals surface area contributed by atoms with Crippen molar-refractivity contribution < 1.29 is 9.53 Å². The lowest BCUT2D eigenvalue weighted by atomic mass is 10.1. The van der Waals surface area contributed by atoms with Crippen LogP contribution in [0.2, 0.25) is 0 Å². The number of rotatable bonds is 1. The Morgan fingerprint density at radius 3 is 2.80 bits per heavy atom. The normalized spacial score (nSPS) is 19.1. The number of carbonyl (C=O) groups excluding carboxylic acids is 1. The lowest BCUT2D eigenvalue weighted by molar-refractivity contribution is 0.177. The molecular weight excluding hydrogens is 281 g/mol. The monoisotopic (exact) mass is 291 g/mol. The molecule has 1 N–H and O–H groups in total. The number of cyclic esters (lactones) is 1. The quantitative estimate of drug-likeness (QED) is 0.864. The van der Waals surface area contributed by atoms with E-state index in [1.54, 1.807) is 0 Å². The molecule has 0 unspecified atom stereocenters. The minimum Gasteiger partial charge on any atom is -0.447 e. The number of halogens is 2. The third-order valence-corrected chi connectivity index (χ3v) is 2.89. The summed E-state index contributed by atoms with van der Waals surface area (Å²) < 4.78 is 5.84. The van der Waals surface area contributed by atoms with Crippen molar-refractivity contribution in [2.45, 2.75) is 13.0 Å². The molecule has 3 nitrogen and oxygen atoms in total. The summed E-state index contributed by atoms with van der Waals surface area (Å²) in [6.45, 7) is 2.43. The van der Waals surface area contributed by atoms with E-state index in [1.165, 1.54) is 5.56 Å². The van der Waals surface area contributed by atoms with Crippen LogP contribution in [0.15, 0.2) is 22.7 Å². The Labute approximate surface area is 103 Å². The van der Waals surface area contributed by atoms with Crippen LogP contribution in [-0.2, 0) is 4.74 Å². The molecule has 1 amide bonds. The largest absolute Gasteiger partial charge is 0.447 e. The molecule has 15 heavy (non-hydrogen) atoms. The van der Waals surface area contributed by atoms with Gasteiger partial charge in [0.25, 0.3) is 0 Å². The van der Waals surface area contributed by atoms with Gasteiger partial charge in [0.05, 0.1) is 6.04 Å². The number of aryl methyl sites for hydroxylation is 1. The molecule has 1 heterocycles. The molecule has 5 heteroatoms. The van der Waals surface area contributed by atoms with E-state index in [2.05, 4.69) is 21.2 Å². The van der Waals surface area contributed by atoms with E-state index >= 15 is 0 Å². The predicted molar refractivity (Wildman–Crippen MR) is 63.4 cm³/mol. The van der Waals surface area contributed by atoms with Crippen molar-refractivity contribution in [2.75, 3.05) is 6.61 Å². The van der Waals surface area contributed by atoms with Gasteiger partial charge >= 0.3 is 6.09 Å². The Morgan fingerprint density at radius 2 is 2.27 bits per heavy atom. The highest BCUT2D eigenvalue weighted by molar-refractivity contribution is 9.10. The van der Waals surface area contributed by atoms with Crippen LogP contribution in [0.1, 0.15) is 17.2 Å². The highest BCUT2D eigenvalue weighted by Gasteiger charge is 2.25. The molecule has 0 saturated carbocycles. The Hall–Kier alpha value is -0.740. The SMILES string of the molecule is Cc1ccc([C@H]2COC(=O)N2)c(Br)c1.Cl. The smallest absolute Gasteiger partial charge is 0.407 e. The van der Waals surface area contributed by atoms with E-state index in [0.29, 0.717) is 6.61 Å². The van der Waals surface area contributed by atoms with Crippen molar-refractivity contribution in [3.05, 3.63) is 33.8 Å². The van der Waals surface area contributed by atoms with E-state index in [-0.39, 0.29) is 24.5 Å². The van der Waals surface area contributed by atoms with Crippen LogP contribution < -0.4 is 5.32 Å². The average Bonchev–Trinajstić information content (AvgIpc) is 2.51. The van der Waals surface area contributed by atoms with E-state index in [9.17, 15) is 4.79 Å². The minimum absolute atomic E-state index is 0. The van der Waals surface area contributed by atoms with Gasteiger partial charge in [-0.15, -0.1) is 12.4 Å². The molecule has 1 aliphatic rings. The number of alkyl carbamates (subject to hydrolysis) is 1. The van der Waals surface area contributed by atoms with E-state index < -0.39 is 0 Å². The van der Waals surface area contributed by atoms with Crippen molar-refractivity contribution >= 4 is 34.4 Å². The second-order valence-electron chi connectivity index (χ2n) is 3.32. The summed E-state index contributed by atoms with van der Waals surface area (Å²) in [6, 6.07) is 6.01. The van der Waals surface area contributed by atoms with Crippen LogP contribution in [0.25, 0.3) is 0 Å². The van der Waals surface area contributed by atoms with Crippen molar-refractivity contribution in [1.29, 1.82) is 0 Å². The zero-order chi connectivity index (χ0) is 10.1. The summed E-state index contributed by atoms with van der Waals surface area (Å²) in [7, 11) is 0. The molecule has 1 aliphatic heterocycles. The van der Waals surface area contributed by atoms with Gasteiger partial charge in [0.1, 0.15) is 6.61 Å². The number of hydrogen-bond donors (Lipinski definition) is 1. The number of carbonyl (C=O) groups is 1. The number of amides is 1. The van der Waals surface area contributed by atoms with Crippen molar-refractivity contribution in [3.63, 3.8) is 0 Å². The second kappa shape index (κ2) is 4.86. The zero-order valence-corrected chi connectivity index (χ0v) is 10.5. The molecule has 1 fully saturated rings. The van der Waals surface area contributed by atoms with Gasteiger partial charge in [0.2, 0.25) is 0 Å². The highest BCUT2D eigenvalue weighted by Crippen LogP contribution is 2.26. The lowest BCUT2D eigenvalue weighted by Gasteiger charge is -2.10. The Kier molecular flexibility index (Phi) is 3.99. The van der Waals surface area contributed by atoms with E-state index in [1.807, 2.05) is 25.1 Å². The van der Waals surface area contributed by atoms with Gasteiger partial charge in [0.15, 0.2) is 0 Å². The molecule has 1 saturated heterocycles. The van der Waals surface area contributed by atoms with Crippen molar-refractivity contribution in [2.24, 2.45) is 0 Å². The maximum Gasteiger partial charge on any atom is 0.407 e. The van der Waals surface area contributed by atoms with Gasteiger partial charge in [-0.25, -0.2) is 4.79 Å². The van der Waals surface area contributed by atoms with Crippen LogP contribution in [0.3, 0.4) is 0 Å². The number of hydrogen-bond acceptors (Lipinski definition) is 2. The maximum absolute atomic E-state index is 10.9. The fourth-order valence-electron chi connectivity index (χ4n) is 1.47. The fraction of sp³-hybridized carbons (Fsp3) is 0.300. The summed E-state index contributed by atoms with van der Waals surface area (Å²) in [5.74, 6) is 0. The third kappa shape index (κ3) is 2.63. The van der Waals surface area contributed by atoms with Crippen LogP contribution in [0, 0.1) is 6.92 Å². The Bertz CT molecular complexity index is 384. The average molecular weight is 293 g/mol. The minimum atomic E-state index is -0.345. The second-order valence-corrected chi connectivity index (χ2v) is 4.17. The molecule has 2 rings (SSSR count). The Morgan fingerprint density at radius 1 is 1.53 bits per heavy atom. The van der Waals surface area contributed by atoms with Gasteiger partial charge in [-0.05, 0) is 24.1 Å².